The van der Waals surface area contributed by atoms with Crippen molar-refractivity contribution >= 4 is 11.6 Å². The molecule has 1 saturated heterocycles. The van der Waals surface area contributed by atoms with E-state index in [1.165, 1.54) is 6.42 Å². The Morgan fingerprint density at radius 3 is 2.83 bits per heavy atom. The lowest BCUT2D eigenvalue weighted by Crippen LogP contribution is -2.29. The molecule has 3 nitrogen and oxygen atoms in total. The van der Waals surface area contributed by atoms with Crippen LogP contribution in [0.5, 0.6) is 0 Å². The molecule has 0 saturated carbocycles. The van der Waals surface area contributed by atoms with Crippen LogP contribution in [0.15, 0.2) is 24.3 Å². The number of benzene rings is 1. The van der Waals surface area contributed by atoms with E-state index >= 15 is 0 Å². The van der Waals surface area contributed by atoms with E-state index in [1.54, 1.807) is 6.07 Å². The van der Waals surface area contributed by atoms with Crippen LogP contribution in [0.3, 0.4) is 0 Å². The SMILES string of the molecule is CC(C)CC1CCN(C(=O)c2ccccc2N)C1. The van der Waals surface area contributed by atoms with E-state index in [0.717, 1.165) is 19.5 Å². The Bertz CT molecular complexity index is 428. The normalized spacial score (nSPS) is 19.5. The molecule has 1 aromatic carbocycles. The average molecular weight is 246 g/mol. The van der Waals surface area contributed by atoms with Gasteiger partial charge in [-0.15, -0.1) is 0 Å². The number of nitrogen functional groups attached to an aromatic ring is 1. The van der Waals surface area contributed by atoms with E-state index in [-0.39, 0.29) is 5.91 Å². The molecule has 18 heavy (non-hydrogen) atoms. The summed E-state index contributed by atoms with van der Waals surface area (Å²) in [6, 6.07) is 7.32. The predicted molar refractivity (Wildman–Crippen MR) is 74.3 cm³/mol. The van der Waals surface area contributed by atoms with Crippen molar-refractivity contribution in [3.8, 4) is 0 Å². The topological polar surface area (TPSA) is 46.3 Å². The molecule has 0 bridgehead atoms. The van der Waals surface area contributed by atoms with Crippen molar-refractivity contribution in [3.63, 3.8) is 0 Å². The van der Waals surface area contributed by atoms with E-state index in [0.29, 0.717) is 23.1 Å². The molecule has 1 fully saturated rings. The maximum atomic E-state index is 12.3. The molecule has 3 heteroatoms. The van der Waals surface area contributed by atoms with Crippen molar-refractivity contribution in [2.75, 3.05) is 18.8 Å². The Balaban J connectivity index is 2.02. The fourth-order valence-corrected chi connectivity index (χ4v) is 2.74. The Labute approximate surface area is 109 Å². The van der Waals surface area contributed by atoms with Crippen molar-refractivity contribution < 1.29 is 4.79 Å². The quantitative estimate of drug-likeness (QED) is 0.834. The lowest BCUT2D eigenvalue weighted by atomic mass is 9.97. The van der Waals surface area contributed by atoms with Crippen LogP contribution in [-0.2, 0) is 0 Å². The van der Waals surface area contributed by atoms with Gasteiger partial charge in [-0.25, -0.2) is 0 Å². The summed E-state index contributed by atoms with van der Waals surface area (Å²) in [6.07, 6.45) is 2.32. The zero-order chi connectivity index (χ0) is 13.1. The van der Waals surface area contributed by atoms with Crippen LogP contribution in [0.1, 0.15) is 37.0 Å². The zero-order valence-corrected chi connectivity index (χ0v) is 11.2. The van der Waals surface area contributed by atoms with E-state index in [9.17, 15) is 4.79 Å². The number of amides is 1. The lowest BCUT2D eigenvalue weighted by molar-refractivity contribution is 0.0786. The summed E-state index contributed by atoms with van der Waals surface area (Å²) < 4.78 is 0. The second kappa shape index (κ2) is 5.42. The van der Waals surface area contributed by atoms with Gasteiger partial charge in [-0.2, -0.15) is 0 Å². The van der Waals surface area contributed by atoms with Crippen LogP contribution in [0.2, 0.25) is 0 Å². The Morgan fingerprint density at radius 2 is 2.17 bits per heavy atom. The van der Waals surface area contributed by atoms with Crippen LogP contribution in [0.25, 0.3) is 0 Å². The van der Waals surface area contributed by atoms with Crippen molar-refractivity contribution in [2.45, 2.75) is 26.7 Å². The maximum absolute atomic E-state index is 12.3. The Morgan fingerprint density at radius 1 is 1.44 bits per heavy atom. The number of carbonyl (C=O) groups is 1. The molecule has 1 atom stereocenters. The Hall–Kier alpha value is -1.51. The number of anilines is 1. The van der Waals surface area contributed by atoms with E-state index in [4.69, 9.17) is 5.73 Å². The first-order valence-electron chi connectivity index (χ1n) is 6.71. The second-order valence-electron chi connectivity index (χ2n) is 5.62. The molecule has 1 aliphatic rings. The molecule has 98 valence electrons. The van der Waals surface area contributed by atoms with Gasteiger partial charge in [0.15, 0.2) is 0 Å². The summed E-state index contributed by atoms with van der Waals surface area (Å²) in [5.74, 6) is 1.44. The summed E-state index contributed by atoms with van der Waals surface area (Å²) in [4.78, 5) is 14.3. The monoisotopic (exact) mass is 246 g/mol. The molecule has 0 aliphatic carbocycles. The lowest BCUT2D eigenvalue weighted by Gasteiger charge is -2.18. The van der Waals surface area contributed by atoms with Crippen LogP contribution >= 0.6 is 0 Å². The van der Waals surface area contributed by atoms with Gasteiger partial charge in [-0.1, -0.05) is 26.0 Å². The summed E-state index contributed by atoms with van der Waals surface area (Å²) >= 11 is 0. The summed E-state index contributed by atoms with van der Waals surface area (Å²) in [5, 5.41) is 0. The molecule has 1 unspecified atom stereocenters. The highest BCUT2D eigenvalue weighted by molar-refractivity contribution is 5.99. The highest BCUT2D eigenvalue weighted by atomic mass is 16.2. The zero-order valence-electron chi connectivity index (χ0n) is 11.2. The summed E-state index contributed by atoms with van der Waals surface area (Å²) in [5.41, 5.74) is 7.08. The number of hydrogen-bond acceptors (Lipinski definition) is 2. The van der Waals surface area contributed by atoms with Crippen LogP contribution in [-0.4, -0.2) is 23.9 Å². The highest BCUT2D eigenvalue weighted by Crippen LogP contribution is 2.25. The maximum Gasteiger partial charge on any atom is 0.255 e. The fourth-order valence-electron chi connectivity index (χ4n) is 2.74. The van der Waals surface area contributed by atoms with Crippen LogP contribution in [0, 0.1) is 11.8 Å². The smallest absolute Gasteiger partial charge is 0.255 e. The average Bonchev–Trinajstić information content (AvgIpc) is 2.76. The fraction of sp³-hybridized carbons (Fsp3) is 0.533. The van der Waals surface area contributed by atoms with Gasteiger partial charge in [0.2, 0.25) is 0 Å². The van der Waals surface area contributed by atoms with Crippen molar-refractivity contribution in [3.05, 3.63) is 29.8 Å². The largest absolute Gasteiger partial charge is 0.398 e. The van der Waals surface area contributed by atoms with E-state index in [1.807, 2.05) is 23.1 Å². The van der Waals surface area contributed by atoms with Gasteiger partial charge in [0, 0.05) is 18.8 Å². The highest BCUT2D eigenvalue weighted by Gasteiger charge is 2.27. The number of rotatable bonds is 3. The summed E-state index contributed by atoms with van der Waals surface area (Å²) in [6.45, 7) is 6.22. The van der Waals surface area contributed by atoms with Crippen molar-refractivity contribution in [1.29, 1.82) is 0 Å². The molecule has 0 radical (unpaired) electrons. The third-order valence-corrected chi connectivity index (χ3v) is 3.57. The number of para-hydroxylation sites is 1. The molecular formula is C15H22N2O. The minimum absolute atomic E-state index is 0.0827. The van der Waals surface area contributed by atoms with E-state index < -0.39 is 0 Å². The molecule has 2 N–H and O–H groups in total. The van der Waals surface area contributed by atoms with Gasteiger partial charge in [-0.05, 0) is 36.8 Å². The molecule has 2 rings (SSSR count). The van der Waals surface area contributed by atoms with Gasteiger partial charge in [-0.3, -0.25) is 4.79 Å². The van der Waals surface area contributed by atoms with Crippen LogP contribution < -0.4 is 5.73 Å². The summed E-state index contributed by atoms with van der Waals surface area (Å²) in [7, 11) is 0. The second-order valence-corrected chi connectivity index (χ2v) is 5.62. The van der Waals surface area contributed by atoms with Crippen molar-refractivity contribution in [2.24, 2.45) is 11.8 Å². The molecule has 1 amide bonds. The minimum Gasteiger partial charge on any atom is -0.398 e. The molecule has 1 heterocycles. The van der Waals surface area contributed by atoms with Gasteiger partial charge < -0.3 is 10.6 Å². The van der Waals surface area contributed by atoms with Crippen molar-refractivity contribution in [1.82, 2.24) is 4.90 Å². The Kier molecular flexibility index (Phi) is 3.90. The molecule has 1 aliphatic heterocycles. The minimum atomic E-state index is 0.0827. The van der Waals surface area contributed by atoms with Crippen LogP contribution in [0.4, 0.5) is 5.69 Å². The van der Waals surface area contributed by atoms with Gasteiger partial charge in [0.05, 0.1) is 5.56 Å². The number of carbonyl (C=O) groups excluding carboxylic acids is 1. The number of nitrogens with two attached hydrogens (primary N) is 1. The molecule has 0 spiro atoms. The predicted octanol–water partition coefficient (Wildman–Crippen LogP) is 2.78. The molecule has 0 aromatic heterocycles. The first-order chi connectivity index (χ1) is 8.58. The third-order valence-electron chi connectivity index (χ3n) is 3.57. The number of hydrogen-bond donors (Lipinski definition) is 1. The van der Waals surface area contributed by atoms with E-state index in [2.05, 4.69) is 13.8 Å². The molecule has 1 aromatic rings. The first-order valence-corrected chi connectivity index (χ1v) is 6.71. The molecular weight excluding hydrogens is 224 g/mol. The number of nitrogens with zero attached hydrogens (tertiary/aromatic N) is 1. The third kappa shape index (κ3) is 2.84. The van der Waals surface area contributed by atoms with Gasteiger partial charge in [0.25, 0.3) is 5.91 Å². The first kappa shape index (κ1) is 12.9. The van der Waals surface area contributed by atoms with Gasteiger partial charge in [0.1, 0.15) is 0 Å². The number of likely N-dealkylation sites (tertiary alicyclic amines) is 1. The van der Waals surface area contributed by atoms with Gasteiger partial charge >= 0.3 is 0 Å². The standard InChI is InChI=1S/C15H22N2O/c1-11(2)9-12-7-8-17(10-12)15(18)13-5-3-4-6-14(13)16/h3-6,11-12H,7-10,16H2,1-2H3.